The predicted molar refractivity (Wildman–Crippen MR) is 127 cm³/mol. The lowest BCUT2D eigenvalue weighted by Crippen LogP contribution is -2.30. The van der Waals surface area contributed by atoms with Crippen LogP contribution >= 0.6 is 15.9 Å². The van der Waals surface area contributed by atoms with Gasteiger partial charge in [0.05, 0.1) is 12.7 Å². The number of methoxy groups -OCH3 is 1. The molecule has 0 saturated carbocycles. The maximum Gasteiger partial charge on any atom is 0.301 e. The minimum Gasteiger partial charge on any atom is -0.507 e. The van der Waals surface area contributed by atoms with Crippen LogP contribution in [-0.4, -0.2) is 29.1 Å². The quantitative estimate of drug-likeness (QED) is 0.288. The second-order valence-electron chi connectivity index (χ2n) is 8.72. The number of anilines is 1. The summed E-state index contributed by atoms with van der Waals surface area (Å²) in [5.74, 6) is -0.682. The van der Waals surface area contributed by atoms with Crippen LogP contribution in [-0.2, 0) is 15.0 Å². The molecule has 8 heteroatoms. The fourth-order valence-corrected chi connectivity index (χ4v) is 4.02. The van der Waals surface area contributed by atoms with Crippen molar-refractivity contribution in [2.24, 2.45) is 0 Å². The number of aliphatic hydroxyl groups is 1. The third-order valence-electron chi connectivity index (χ3n) is 5.48. The van der Waals surface area contributed by atoms with Crippen LogP contribution < -0.4 is 9.64 Å². The van der Waals surface area contributed by atoms with Crippen LogP contribution in [0.3, 0.4) is 0 Å². The smallest absolute Gasteiger partial charge is 0.301 e. The Kier molecular flexibility index (Phi) is 5.88. The maximum absolute atomic E-state index is 13.2. The minimum atomic E-state index is -0.956. The van der Waals surface area contributed by atoms with Gasteiger partial charge in [-0.05, 0) is 18.2 Å². The lowest BCUT2D eigenvalue weighted by Gasteiger charge is -2.24. The molecule has 2 heterocycles. The van der Waals surface area contributed by atoms with Crippen LogP contribution in [0, 0.1) is 0 Å². The normalized spacial score (nSPS) is 18.1. The van der Waals surface area contributed by atoms with Gasteiger partial charge in [-0.1, -0.05) is 72.2 Å². The summed E-state index contributed by atoms with van der Waals surface area (Å²) in [5, 5.41) is 15.3. The zero-order valence-electron chi connectivity index (χ0n) is 18.6. The molecule has 4 rings (SSSR count). The Balaban J connectivity index is 1.96. The van der Waals surface area contributed by atoms with Gasteiger partial charge in [0.25, 0.3) is 5.78 Å². The molecule has 1 aromatic heterocycles. The molecule has 2 aromatic carbocycles. The molecule has 1 amide bonds. The first-order valence-corrected chi connectivity index (χ1v) is 11.1. The van der Waals surface area contributed by atoms with E-state index >= 15 is 0 Å². The van der Waals surface area contributed by atoms with E-state index in [2.05, 4.69) is 21.1 Å². The van der Waals surface area contributed by atoms with Crippen LogP contribution in [0.5, 0.6) is 5.75 Å². The van der Waals surface area contributed by atoms with Crippen LogP contribution in [0.4, 0.5) is 5.82 Å². The van der Waals surface area contributed by atoms with E-state index in [1.165, 1.54) is 12.0 Å². The van der Waals surface area contributed by atoms with Crippen LogP contribution in [0.25, 0.3) is 5.76 Å². The van der Waals surface area contributed by atoms with Gasteiger partial charge in [-0.25, -0.2) is 0 Å². The molecule has 0 spiro atoms. The number of rotatable bonds is 4. The van der Waals surface area contributed by atoms with Crippen molar-refractivity contribution in [3.63, 3.8) is 0 Å². The predicted octanol–water partition coefficient (Wildman–Crippen LogP) is 5.37. The van der Waals surface area contributed by atoms with Crippen molar-refractivity contribution in [1.29, 1.82) is 0 Å². The van der Waals surface area contributed by atoms with E-state index in [1.54, 1.807) is 54.6 Å². The van der Waals surface area contributed by atoms with E-state index in [0.29, 0.717) is 22.6 Å². The van der Waals surface area contributed by atoms with Crippen molar-refractivity contribution in [1.82, 2.24) is 5.16 Å². The molecular weight excluding hydrogens is 488 g/mol. The van der Waals surface area contributed by atoms with E-state index in [-0.39, 0.29) is 22.6 Å². The molecule has 1 atom stereocenters. The highest BCUT2D eigenvalue weighted by atomic mass is 79.9. The highest BCUT2D eigenvalue weighted by Gasteiger charge is 2.49. The molecular formula is C25H23BrN2O5. The summed E-state index contributed by atoms with van der Waals surface area (Å²) in [5.41, 5.74) is 0.549. The SMILES string of the molecule is COc1ccccc1[C@@H]1C(=C(O)c2ccc(Br)cc2)C(=O)C(=O)N1c1cc(C(C)(C)C)on1. The lowest BCUT2D eigenvalue weighted by molar-refractivity contribution is -0.132. The van der Waals surface area contributed by atoms with Gasteiger partial charge in [0.15, 0.2) is 5.82 Å². The fourth-order valence-electron chi connectivity index (χ4n) is 3.75. The number of carbonyl (C=O) groups excluding carboxylic acids is 2. The third kappa shape index (κ3) is 4.06. The summed E-state index contributed by atoms with van der Waals surface area (Å²) >= 11 is 3.36. The van der Waals surface area contributed by atoms with Gasteiger partial charge in [-0.15, -0.1) is 0 Å². The van der Waals surface area contributed by atoms with Crippen LogP contribution in [0.1, 0.15) is 43.7 Å². The molecule has 1 N–H and O–H groups in total. The average Bonchev–Trinajstić information content (AvgIpc) is 3.37. The van der Waals surface area contributed by atoms with Crippen molar-refractivity contribution in [3.8, 4) is 5.75 Å². The first-order chi connectivity index (χ1) is 15.6. The number of aromatic nitrogens is 1. The Morgan fingerprint density at radius 1 is 1.12 bits per heavy atom. The number of hydrogen-bond donors (Lipinski definition) is 1. The van der Waals surface area contributed by atoms with Crippen molar-refractivity contribution >= 4 is 39.2 Å². The summed E-state index contributed by atoms with van der Waals surface area (Å²) < 4.78 is 11.8. The van der Waals surface area contributed by atoms with Crippen molar-refractivity contribution in [3.05, 3.63) is 81.5 Å². The van der Waals surface area contributed by atoms with E-state index in [9.17, 15) is 14.7 Å². The fraction of sp³-hybridized carbons (Fsp3) is 0.240. The topological polar surface area (TPSA) is 92.9 Å². The molecule has 1 fully saturated rings. The summed E-state index contributed by atoms with van der Waals surface area (Å²) in [6.45, 7) is 5.87. The molecule has 1 saturated heterocycles. The van der Waals surface area contributed by atoms with Gasteiger partial charge in [0.1, 0.15) is 23.3 Å². The minimum absolute atomic E-state index is 0.0490. The average molecular weight is 511 g/mol. The largest absolute Gasteiger partial charge is 0.507 e. The molecule has 3 aromatic rings. The standard InChI is InChI=1S/C25H23BrN2O5/c1-25(2,3)18-13-19(27-33-18)28-21(16-7-5-6-8-17(16)32-4)20(23(30)24(28)31)22(29)14-9-11-15(26)12-10-14/h5-13,21,29H,1-4H3/t21-/m1/s1. The molecule has 33 heavy (non-hydrogen) atoms. The first-order valence-electron chi connectivity index (χ1n) is 10.3. The van der Waals surface area contributed by atoms with Gasteiger partial charge in [-0.3, -0.25) is 14.5 Å². The molecule has 0 aliphatic carbocycles. The van der Waals surface area contributed by atoms with E-state index in [1.807, 2.05) is 20.8 Å². The monoisotopic (exact) mass is 510 g/mol. The number of amides is 1. The summed E-state index contributed by atoms with van der Waals surface area (Å²) in [6, 6.07) is 14.6. The van der Waals surface area contributed by atoms with E-state index in [0.717, 1.165) is 4.47 Å². The zero-order chi connectivity index (χ0) is 23.9. The lowest BCUT2D eigenvalue weighted by atomic mass is 9.93. The summed E-state index contributed by atoms with van der Waals surface area (Å²) in [7, 11) is 1.51. The van der Waals surface area contributed by atoms with E-state index in [4.69, 9.17) is 9.26 Å². The Morgan fingerprint density at radius 3 is 2.39 bits per heavy atom. The zero-order valence-corrected chi connectivity index (χ0v) is 20.2. The molecule has 170 valence electrons. The molecule has 0 unspecified atom stereocenters. The highest BCUT2D eigenvalue weighted by Crippen LogP contribution is 2.45. The second kappa shape index (κ2) is 8.51. The molecule has 1 aliphatic rings. The van der Waals surface area contributed by atoms with Gasteiger partial charge in [0, 0.05) is 27.1 Å². The molecule has 0 bridgehead atoms. The van der Waals surface area contributed by atoms with Crippen LogP contribution in [0.2, 0.25) is 0 Å². The van der Waals surface area contributed by atoms with Gasteiger partial charge in [0.2, 0.25) is 0 Å². The number of halogens is 1. The number of nitrogens with zero attached hydrogens (tertiary/aromatic N) is 2. The third-order valence-corrected chi connectivity index (χ3v) is 6.01. The second-order valence-corrected chi connectivity index (χ2v) is 9.63. The number of para-hydroxylation sites is 1. The van der Waals surface area contributed by atoms with Gasteiger partial charge >= 0.3 is 5.91 Å². The number of carbonyl (C=O) groups is 2. The van der Waals surface area contributed by atoms with Crippen molar-refractivity contribution in [2.45, 2.75) is 32.2 Å². The Morgan fingerprint density at radius 2 is 1.79 bits per heavy atom. The number of Topliss-reactive ketones (excluding diaryl/α,β-unsaturated/α-hetero) is 1. The van der Waals surface area contributed by atoms with Crippen LogP contribution in [0.15, 0.2) is 69.2 Å². The number of aliphatic hydroxyl groups excluding tert-OH is 1. The van der Waals surface area contributed by atoms with Gasteiger partial charge in [-0.2, -0.15) is 0 Å². The van der Waals surface area contributed by atoms with Crippen molar-refractivity contribution in [2.75, 3.05) is 12.0 Å². The highest BCUT2D eigenvalue weighted by molar-refractivity contribution is 9.10. The molecule has 7 nitrogen and oxygen atoms in total. The Hall–Kier alpha value is -3.39. The maximum atomic E-state index is 13.2. The van der Waals surface area contributed by atoms with Crippen molar-refractivity contribution < 1.29 is 24.0 Å². The van der Waals surface area contributed by atoms with Gasteiger partial charge < -0.3 is 14.4 Å². The Bertz CT molecular complexity index is 1250. The number of ketones is 1. The molecule has 1 aliphatic heterocycles. The number of ether oxygens (including phenoxy) is 1. The Labute approximate surface area is 199 Å². The summed E-state index contributed by atoms with van der Waals surface area (Å²) in [4.78, 5) is 27.7. The van der Waals surface area contributed by atoms with E-state index < -0.39 is 17.7 Å². The number of hydrogen-bond acceptors (Lipinski definition) is 6. The number of benzene rings is 2. The first kappa shape index (κ1) is 22.8. The summed E-state index contributed by atoms with van der Waals surface area (Å²) in [6.07, 6.45) is 0. The molecule has 0 radical (unpaired) electrons.